The molecular formula is C21H18N4OS. The van der Waals surface area contributed by atoms with Crippen LogP contribution in [0, 0.1) is 0 Å². The Kier molecular flexibility index (Phi) is 3.88. The van der Waals surface area contributed by atoms with Crippen molar-refractivity contribution in [1.29, 1.82) is 0 Å². The van der Waals surface area contributed by atoms with Crippen molar-refractivity contribution in [1.82, 2.24) is 10.4 Å². The molecule has 0 radical (unpaired) electrons. The Labute approximate surface area is 161 Å². The van der Waals surface area contributed by atoms with Crippen LogP contribution in [0.4, 0.5) is 5.69 Å². The number of nitrogens with one attached hydrogen (secondary N) is 1. The molecule has 0 fully saturated rings. The quantitative estimate of drug-likeness (QED) is 0.737. The Hall–Kier alpha value is -2.83. The standard InChI is InChI=1S/C21H18N4OS/c26-20-21(24-23-19(27-21)15-8-2-1-3-9-15)17-11-4-5-12-18(17)25(20)14-16-10-6-7-13-22-16/h1-13,20,24,26H,14H2. The summed E-state index contributed by atoms with van der Waals surface area (Å²) in [6.45, 7) is 0.531. The molecule has 3 heterocycles. The van der Waals surface area contributed by atoms with Gasteiger partial charge in [0.05, 0.1) is 12.2 Å². The SMILES string of the molecule is OC1N(Cc2ccccn2)c2ccccc2C12NN=C(c1ccccc1)S2. The Bertz CT molecular complexity index is 995. The molecule has 0 saturated carbocycles. The van der Waals surface area contributed by atoms with Gasteiger partial charge in [0.1, 0.15) is 5.04 Å². The molecule has 2 aliphatic heterocycles. The highest BCUT2D eigenvalue weighted by atomic mass is 32.2. The minimum Gasteiger partial charge on any atom is -0.370 e. The monoisotopic (exact) mass is 374 g/mol. The number of aliphatic hydroxyl groups is 1. The summed E-state index contributed by atoms with van der Waals surface area (Å²) >= 11 is 1.57. The Morgan fingerprint density at radius 2 is 1.78 bits per heavy atom. The van der Waals surface area contributed by atoms with Gasteiger partial charge in [0.15, 0.2) is 11.1 Å². The van der Waals surface area contributed by atoms with E-state index in [0.717, 1.165) is 27.6 Å². The second-order valence-electron chi connectivity index (χ2n) is 6.57. The van der Waals surface area contributed by atoms with Crippen LogP contribution < -0.4 is 10.3 Å². The molecule has 0 bridgehead atoms. The van der Waals surface area contributed by atoms with Gasteiger partial charge in [-0.15, -0.1) is 0 Å². The fraction of sp³-hybridized carbons (Fsp3) is 0.143. The molecule has 6 heteroatoms. The number of benzene rings is 2. The summed E-state index contributed by atoms with van der Waals surface area (Å²) in [5.74, 6) is 0. The fourth-order valence-electron chi connectivity index (χ4n) is 3.63. The average Bonchev–Trinajstić information content (AvgIpc) is 3.27. The molecule has 2 N–H and O–H groups in total. The van der Waals surface area contributed by atoms with Crippen LogP contribution in [0.2, 0.25) is 0 Å². The molecule has 0 amide bonds. The van der Waals surface area contributed by atoms with Crippen LogP contribution in [-0.4, -0.2) is 21.4 Å². The summed E-state index contributed by atoms with van der Waals surface area (Å²) in [7, 11) is 0. The first-order valence-electron chi connectivity index (χ1n) is 8.81. The van der Waals surface area contributed by atoms with Gasteiger partial charge in [-0.2, -0.15) is 5.10 Å². The molecule has 0 saturated heterocycles. The highest BCUT2D eigenvalue weighted by molar-refractivity contribution is 8.15. The summed E-state index contributed by atoms with van der Waals surface area (Å²) < 4.78 is 0. The van der Waals surface area contributed by atoms with E-state index in [1.54, 1.807) is 18.0 Å². The minimum atomic E-state index is -0.771. The van der Waals surface area contributed by atoms with Gasteiger partial charge in [-0.3, -0.25) is 10.4 Å². The summed E-state index contributed by atoms with van der Waals surface area (Å²) in [5, 5.41) is 16.8. The van der Waals surface area contributed by atoms with E-state index in [4.69, 9.17) is 0 Å². The lowest BCUT2D eigenvalue weighted by molar-refractivity contribution is 0.119. The van der Waals surface area contributed by atoms with E-state index in [0.29, 0.717) is 6.54 Å². The second kappa shape index (κ2) is 6.40. The fourth-order valence-corrected chi connectivity index (χ4v) is 4.88. The van der Waals surface area contributed by atoms with Gasteiger partial charge in [-0.05, 0) is 18.2 Å². The first-order chi connectivity index (χ1) is 13.3. The molecular weight excluding hydrogens is 356 g/mol. The first-order valence-corrected chi connectivity index (χ1v) is 9.63. The molecule has 2 aliphatic rings. The number of pyridine rings is 1. The van der Waals surface area contributed by atoms with Crippen molar-refractivity contribution in [2.75, 3.05) is 4.90 Å². The van der Waals surface area contributed by atoms with Crippen LogP contribution >= 0.6 is 11.8 Å². The van der Waals surface area contributed by atoms with Crippen molar-refractivity contribution >= 4 is 22.5 Å². The molecule has 27 heavy (non-hydrogen) atoms. The lowest BCUT2D eigenvalue weighted by Gasteiger charge is -2.31. The maximum Gasteiger partial charge on any atom is 0.177 e. The zero-order valence-corrected chi connectivity index (χ0v) is 15.3. The van der Waals surface area contributed by atoms with E-state index >= 15 is 0 Å². The Balaban J connectivity index is 1.51. The number of fused-ring (bicyclic) bond motifs is 2. The predicted octanol–water partition coefficient (Wildman–Crippen LogP) is 3.27. The lowest BCUT2D eigenvalue weighted by Crippen LogP contribution is -2.48. The number of thioether (sulfide) groups is 1. The molecule has 1 spiro atoms. The van der Waals surface area contributed by atoms with Crippen molar-refractivity contribution in [2.24, 2.45) is 5.10 Å². The van der Waals surface area contributed by atoms with Gasteiger partial charge in [-0.1, -0.05) is 66.4 Å². The maximum atomic E-state index is 11.3. The minimum absolute atomic E-state index is 0.531. The van der Waals surface area contributed by atoms with Crippen LogP contribution in [0.25, 0.3) is 0 Å². The second-order valence-corrected chi connectivity index (χ2v) is 7.81. The average molecular weight is 374 g/mol. The van der Waals surface area contributed by atoms with Gasteiger partial charge in [-0.25, -0.2) is 0 Å². The highest BCUT2D eigenvalue weighted by Crippen LogP contribution is 2.52. The molecule has 5 rings (SSSR count). The molecule has 2 atom stereocenters. The van der Waals surface area contributed by atoms with Crippen LogP contribution in [0.15, 0.2) is 84.1 Å². The van der Waals surface area contributed by atoms with Gasteiger partial charge in [0, 0.05) is 23.0 Å². The number of rotatable bonds is 3. The van der Waals surface area contributed by atoms with Gasteiger partial charge < -0.3 is 10.0 Å². The number of nitrogens with zero attached hydrogens (tertiary/aromatic N) is 3. The topological polar surface area (TPSA) is 60.8 Å². The number of para-hydroxylation sites is 1. The summed E-state index contributed by atoms with van der Waals surface area (Å²) in [6, 6.07) is 24.0. The maximum absolute atomic E-state index is 11.3. The zero-order chi connectivity index (χ0) is 18.3. The van der Waals surface area contributed by atoms with Crippen molar-refractivity contribution < 1.29 is 5.11 Å². The van der Waals surface area contributed by atoms with E-state index < -0.39 is 11.1 Å². The van der Waals surface area contributed by atoms with E-state index in [2.05, 4.69) is 21.6 Å². The molecule has 1 aromatic heterocycles. The molecule has 0 aliphatic carbocycles. The first kappa shape index (κ1) is 16.4. The number of aliphatic hydroxyl groups excluding tert-OH is 1. The van der Waals surface area contributed by atoms with Gasteiger partial charge >= 0.3 is 0 Å². The van der Waals surface area contributed by atoms with Gasteiger partial charge in [0.25, 0.3) is 0 Å². The third kappa shape index (κ3) is 2.60. The Morgan fingerprint density at radius 3 is 2.59 bits per heavy atom. The lowest BCUT2D eigenvalue weighted by atomic mass is 10.1. The largest absolute Gasteiger partial charge is 0.370 e. The number of hydrazone groups is 1. The van der Waals surface area contributed by atoms with Crippen molar-refractivity contribution in [3.05, 3.63) is 95.8 Å². The van der Waals surface area contributed by atoms with E-state index in [1.165, 1.54) is 0 Å². The molecule has 5 nitrogen and oxygen atoms in total. The zero-order valence-electron chi connectivity index (χ0n) is 14.5. The predicted molar refractivity (Wildman–Crippen MR) is 108 cm³/mol. The number of anilines is 1. The van der Waals surface area contributed by atoms with E-state index in [9.17, 15) is 5.11 Å². The van der Waals surface area contributed by atoms with Crippen molar-refractivity contribution in [3.63, 3.8) is 0 Å². The summed E-state index contributed by atoms with van der Waals surface area (Å²) in [4.78, 5) is 5.68. The van der Waals surface area contributed by atoms with E-state index in [-0.39, 0.29) is 0 Å². The normalized spacial score (nSPS) is 23.2. The van der Waals surface area contributed by atoms with Crippen molar-refractivity contribution in [2.45, 2.75) is 17.6 Å². The van der Waals surface area contributed by atoms with Crippen LogP contribution in [-0.2, 0) is 11.4 Å². The third-order valence-electron chi connectivity index (χ3n) is 4.93. The molecule has 3 aromatic rings. The van der Waals surface area contributed by atoms with Crippen LogP contribution in [0.1, 0.15) is 16.8 Å². The smallest absolute Gasteiger partial charge is 0.177 e. The Morgan fingerprint density at radius 1 is 1.00 bits per heavy atom. The van der Waals surface area contributed by atoms with Crippen molar-refractivity contribution in [3.8, 4) is 0 Å². The highest BCUT2D eigenvalue weighted by Gasteiger charge is 2.54. The third-order valence-corrected chi connectivity index (χ3v) is 6.30. The number of hydrogen-bond acceptors (Lipinski definition) is 6. The number of aromatic nitrogens is 1. The molecule has 134 valence electrons. The summed E-state index contributed by atoms with van der Waals surface area (Å²) in [6.07, 6.45) is 1.01. The van der Waals surface area contributed by atoms with Crippen LogP contribution in [0.5, 0.6) is 0 Å². The van der Waals surface area contributed by atoms with Crippen LogP contribution in [0.3, 0.4) is 0 Å². The van der Waals surface area contributed by atoms with Gasteiger partial charge in [0.2, 0.25) is 0 Å². The molecule has 2 aromatic carbocycles. The molecule has 2 unspecified atom stereocenters. The number of hydrogen-bond donors (Lipinski definition) is 2. The van der Waals surface area contributed by atoms with E-state index in [1.807, 2.05) is 71.6 Å². The summed E-state index contributed by atoms with van der Waals surface area (Å²) in [5.41, 5.74) is 7.23.